The molecule has 4 rings (SSSR count). The highest BCUT2D eigenvalue weighted by atomic mass is 32.2. The van der Waals surface area contributed by atoms with E-state index in [1.165, 1.54) is 23.9 Å². The first-order chi connectivity index (χ1) is 13.2. The van der Waals surface area contributed by atoms with Crippen LogP contribution in [0, 0.1) is 5.82 Å². The van der Waals surface area contributed by atoms with Crippen LogP contribution in [0.5, 0.6) is 23.1 Å². The second kappa shape index (κ2) is 7.84. The van der Waals surface area contributed by atoms with Gasteiger partial charge in [0, 0.05) is 23.6 Å². The number of nitrogens with zero attached hydrogens (tertiary/aromatic N) is 2. The maximum Gasteiger partial charge on any atom is 0.231 e. The number of aromatic nitrogens is 2. The summed E-state index contributed by atoms with van der Waals surface area (Å²) in [6.07, 6.45) is 0.757. The Hall–Kier alpha value is -2.80. The summed E-state index contributed by atoms with van der Waals surface area (Å²) in [6.45, 7) is 2.24. The largest absolute Gasteiger partial charge is 0.454 e. The quantitative estimate of drug-likeness (QED) is 0.441. The minimum Gasteiger partial charge on any atom is -0.454 e. The Morgan fingerprint density at radius 3 is 2.81 bits per heavy atom. The maximum absolute atomic E-state index is 13.3. The van der Waals surface area contributed by atoms with Crippen LogP contribution in [-0.2, 0) is 12.2 Å². The zero-order valence-corrected chi connectivity index (χ0v) is 15.5. The Morgan fingerprint density at radius 2 is 1.96 bits per heavy atom. The van der Waals surface area contributed by atoms with E-state index in [-0.39, 0.29) is 12.6 Å². The van der Waals surface area contributed by atoms with E-state index >= 15 is 0 Å². The molecule has 0 saturated heterocycles. The molecular formula is C20H17FN2O3S. The van der Waals surface area contributed by atoms with Crippen LogP contribution in [0.25, 0.3) is 0 Å². The van der Waals surface area contributed by atoms with Crippen molar-refractivity contribution in [2.75, 3.05) is 6.79 Å². The lowest BCUT2D eigenvalue weighted by Crippen LogP contribution is -1.97. The van der Waals surface area contributed by atoms with Gasteiger partial charge in [-0.05, 0) is 36.2 Å². The van der Waals surface area contributed by atoms with Gasteiger partial charge in [0.25, 0.3) is 0 Å². The number of halogens is 1. The Kier molecular flexibility index (Phi) is 5.11. The lowest BCUT2D eigenvalue weighted by Gasteiger charge is -2.09. The van der Waals surface area contributed by atoms with Crippen molar-refractivity contribution >= 4 is 11.8 Å². The van der Waals surface area contributed by atoms with Gasteiger partial charge < -0.3 is 14.2 Å². The van der Waals surface area contributed by atoms with E-state index in [9.17, 15) is 4.39 Å². The highest BCUT2D eigenvalue weighted by Gasteiger charge is 2.15. The molecule has 0 fully saturated rings. The molecule has 0 atom stereocenters. The van der Waals surface area contributed by atoms with E-state index in [1.807, 2.05) is 19.1 Å². The second-order valence-electron chi connectivity index (χ2n) is 5.87. The van der Waals surface area contributed by atoms with Gasteiger partial charge in [0.2, 0.25) is 12.7 Å². The molecule has 1 aromatic heterocycles. The van der Waals surface area contributed by atoms with Crippen molar-refractivity contribution in [1.82, 2.24) is 9.97 Å². The van der Waals surface area contributed by atoms with Crippen LogP contribution in [0.4, 0.5) is 4.39 Å². The summed E-state index contributed by atoms with van der Waals surface area (Å²) < 4.78 is 29.9. The monoisotopic (exact) mass is 384 g/mol. The van der Waals surface area contributed by atoms with E-state index in [0.29, 0.717) is 34.0 Å². The summed E-state index contributed by atoms with van der Waals surface area (Å²) in [4.78, 5) is 8.99. The van der Waals surface area contributed by atoms with E-state index in [1.54, 1.807) is 24.3 Å². The zero-order valence-electron chi connectivity index (χ0n) is 14.6. The molecule has 0 bridgehead atoms. The number of aryl methyl sites for hydroxylation is 1. The van der Waals surface area contributed by atoms with Crippen LogP contribution in [-0.4, -0.2) is 16.8 Å². The number of thioether (sulfide) groups is 1. The number of ether oxygens (including phenoxy) is 3. The number of hydrogen-bond donors (Lipinski definition) is 0. The van der Waals surface area contributed by atoms with E-state index < -0.39 is 0 Å². The third kappa shape index (κ3) is 4.31. The third-order valence-electron chi connectivity index (χ3n) is 3.92. The first-order valence-electron chi connectivity index (χ1n) is 8.52. The summed E-state index contributed by atoms with van der Waals surface area (Å²) in [5, 5.41) is 0.592. The summed E-state index contributed by atoms with van der Waals surface area (Å²) in [7, 11) is 0. The highest BCUT2D eigenvalue weighted by Crippen LogP contribution is 2.36. The van der Waals surface area contributed by atoms with Crippen LogP contribution in [0.1, 0.15) is 18.2 Å². The van der Waals surface area contributed by atoms with Gasteiger partial charge in [0.15, 0.2) is 16.7 Å². The lowest BCUT2D eigenvalue weighted by molar-refractivity contribution is 0.174. The number of rotatable bonds is 6. The molecule has 0 N–H and O–H groups in total. The van der Waals surface area contributed by atoms with Crippen molar-refractivity contribution in [2.24, 2.45) is 0 Å². The molecule has 0 amide bonds. The Balaban J connectivity index is 1.51. The Morgan fingerprint density at radius 1 is 1.07 bits per heavy atom. The normalized spacial score (nSPS) is 12.2. The minimum absolute atomic E-state index is 0.215. The molecule has 0 saturated carbocycles. The minimum atomic E-state index is -0.247. The van der Waals surface area contributed by atoms with E-state index in [2.05, 4.69) is 9.97 Å². The molecule has 2 heterocycles. The fourth-order valence-electron chi connectivity index (χ4n) is 2.58. The van der Waals surface area contributed by atoms with Gasteiger partial charge in [-0.2, -0.15) is 4.98 Å². The summed E-state index contributed by atoms with van der Waals surface area (Å²) in [6, 6.07) is 13.7. The molecule has 3 aromatic rings. The highest BCUT2D eigenvalue weighted by molar-refractivity contribution is 7.98. The standard InChI is InChI=1S/C20H17FN2O3S/c1-2-15-9-19(26-16-6-7-17-18(10-16)25-12-24-17)23-20(22-15)27-11-13-4-3-5-14(21)8-13/h3-10H,2,11-12H2,1H3. The van der Waals surface area contributed by atoms with Crippen LogP contribution >= 0.6 is 11.8 Å². The van der Waals surface area contributed by atoms with Crippen molar-refractivity contribution in [3.8, 4) is 23.1 Å². The maximum atomic E-state index is 13.3. The van der Waals surface area contributed by atoms with E-state index in [0.717, 1.165) is 17.7 Å². The van der Waals surface area contributed by atoms with Gasteiger partial charge in [-0.1, -0.05) is 30.8 Å². The van der Waals surface area contributed by atoms with Gasteiger partial charge in [0.05, 0.1) is 0 Å². The number of fused-ring (bicyclic) bond motifs is 1. The third-order valence-corrected chi connectivity index (χ3v) is 4.84. The summed E-state index contributed by atoms with van der Waals surface area (Å²) >= 11 is 1.44. The Labute approximate surface area is 160 Å². The molecule has 27 heavy (non-hydrogen) atoms. The zero-order chi connectivity index (χ0) is 18.6. The van der Waals surface area contributed by atoms with Crippen molar-refractivity contribution in [3.63, 3.8) is 0 Å². The molecule has 1 aliphatic rings. The number of benzene rings is 2. The van der Waals surface area contributed by atoms with Gasteiger partial charge in [-0.25, -0.2) is 9.37 Å². The van der Waals surface area contributed by atoms with Crippen LogP contribution < -0.4 is 14.2 Å². The fraction of sp³-hybridized carbons (Fsp3) is 0.200. The van der Waals surface area contributed by atoms with Crippen molar-refractivity contribution in [1.29, 1.82) is 0 Å². The van der Waals surface area contributed by atoms with Gasteiger partial charge in [-0.15, -0.1) is 0 Å². The molecular weight excluding hydrogens is 367 g/mol. The predicted octanol–water partition coefficient (Wildman–Crippen LogP) is 4.99. The van der Waals surface area contributed by atoms with Crippen molar-refractivity contribution < 1.29 is 18.6 Å². The average Bonchev–Trinajstić information content (AvgIpc) is 3.14. The first-order valence-corrected chi connectivity index (χ1v) is 9.51. The predicted molar refractivity (Wildman–Crippen MR) is 100 cm³/mol. The van der Waals surface area contributed by atoms with Crippen LogP contribution in [0.15, 0.2) is 53.7 Å². The lowest BCUT2D eigenvalue weighted by atomic mass is 10.2. The van der Waals surface area contributed by atoms with Gasteiger partial charge in [0.1, 0.15) is 11.6 Å². The topological polar surface area (TPSA) is 53.5 Å². The molecule has 0 spiro atoms. The molecule has 1 aliphatic heterocycles. The molecule has 0 unspecified atom stereocenters. The molecule has 0 radical (unpaired) electrons. The smallest absolute Gasteiger partial charge is 0.231 e. The molecule has 7 heteroatoms. The second-order valence-corrected chi connectivity index (χ2v) is 6.81. The molecule has 138 valence electrons. The summed E-state index contributed by atoms with van der Waals surface area (Å²) in [5.74, 6) is 2.75. The van der Waals surface area contributed by atoms with Gasteiger partial charge >= 0.3 is 0 Å². The van der Waals surface area contributed by atoms with Crippen molar-refractivity contribution in [3.05, 3.63) is 65.6 Å². The Bertz CT molecular complexity index is 968. The molecule has 5 nitrogen and oxygen atoms in total. The average molecular weight is 384 g/mol. The fourth-order valence-corrected chi connectivity index (χ4v) is 3.39. The van der Waals surface area contributed by atoms with Crippen molar-refractivity contribution in [2.45, 2.75) is 24.3 Å². The summed E-state index contributed by atoms with van der Waals surface area (Å²) in [5.41, 5.74) is 1.76. The van der Waals surface area contributed by atoms with Gasteiger partial charge in [-0.3, -0.25) is 0 Å². The van der Waals surface area contributed by atoms with E-state index in [4.69, 9.17) is 14.2 Å². The van der Waals surface area contributed by atoms with Crippen LogP contribution in [0.3, 0.4) is 0 Å². The number of hydrogen-bond acceptors (Lipinski definition) is 6. The molecule has 0 aliphatic carbocycles. The first kappa shape index (κ1) is 17.6. The SMILES string of the molecule is CCc1cc(Oc2ccc3c(c2)OCO3)nc(SCc2cccc(F)c2)n1. The molecule has 2 aromatic carbocycles. The van der Waals surface area contributed by atoms with Crippen LogP contribution in [0.2, 0.25) is 0 Å².